The third-order valence-electron chi connectivity index (χ3n) is 3.26. The normalized spacial score (nSPS) is 12.5. The number of hydrogen-bond donors (Lipinski definition) is 1. The molecule has 3 heteroatoms. The summed E-state index contributed by atoms with van der Waals surface area (Å²) in [5.41, 5.74) is 5.43. The molecule has 1 heterocycles. The highest BCUT2D eigenvalue weighted by Gasteiger charge is 2.15. The van der Waals surface area contributed by atoms with Gasteiger partial charge >= 0.3 is 0 Å². The van der Waals surface area contributed by atoms with Crippen molar-refractivity contribution in [2.45, 2.75) is 33.3 Å². The van der Waals surface area contributed by atoms with Crippen LogP contribution in [0.3, 0.4) is 0 Å². The molecular weight excluding hydrogens is 302 g/mol. The summed E-state index contributed by atoms with van der Waals surface area (Å²) in [4.78, 5) is 4.31. The van der Waals surface area contributed by atoms with Gasteiger partial charge < -0.3 is 5.11 Å². The molecule has 0 fully saturated rings. The predicted octanol–water partition coefficient (Wildman–Crippen LogP) is 4.05. The van der Waals surface area contributed by atoms with E-state index in [9.17, 15) is 5.11 Å². The van der Waals surface area contributed by atoms with Gasteiger partial charge in [0.25, 0.3) is 0 Å². The van der Waals surface area contributed by atoms with Crippen molar-refractivity contribution in [3.8, 4) is 0 Å². The van der Waals surface area contributed by atoms with Gasteiger partial charge in [-0.25, -0.2) is 0 Å². The fraction of sp³-hybridized carbons (Fsp3) is 0.312. The second-order valence-corrected chi connectivity index (χ2v) is 5.92. The van der Waals surface area contributed by atoms with E-state index in [1.165, 1.54) is 5.56 Å². The van der Waals surface area contributed by atoms with E-state index in [0.717, 1.165) is 26.9 Å². The molecule has 100 valence electrons. The number of pyridine rings is 1. The number of aliphatic hydroxyl groups is 1. The minimum atomic E-state index is -0.505. The number of hydrogen-bond acceptors (Lipinski definition) is 2. The van der Waals surface area contributed by atoms with Crippen LogP contribution in [-0.4, -0.2) is 10.1 Å². The predicted molar refractivity (Wildman–Crippen MR) is 81.3 cm³/mol. The minimum absolute atomic E-state index is 0.505. The lowest BCUT2D eigenvalue weighted by Crippen LogP contribution is -2.07. The highest BCUT2D eigenvalue weighted by Crippen LogP contribution is 2.26. The smallest absolute Gasteiger partial charge is 0.0850 e. The maximum atomic E-state index is 10.4. The lowest BCUT2D eigenvalue weighted by atomic mass is 9.93. The summed E-state index contributed by atoms with van der Waals surface area (Å²) in [5.74, 6) is 0. The third kappa shape index (κ3) is 3.43. The Labute approximate surface area is 122 Å². The molecule has 0 radical (unpaired) electrons. The molecule has 0 amide bonds. The quantitative estimate of drug-likeness (QED) is 0.926. The van der Waals surface area contributed by atoms with Crippen molar-refractivity contribution >= 4 is 15.9 Å². The Hall–Kier alpha value is -1.19. The topological polar surface area (TPSA) is 33.1 Å². The van der Waals surface area contributed by atoms with E-state index in [0.29, 0.717) is 6.42 Å². The van der Waals surface area contributed by atoms with Crippen LogP contribution in [0.25, 0.3) is 0 Å². The van der Waals surface area contributed by atoms with Gasteiger partial charge in [-0.1, -0.05) is 17.7 Å². The second-order valence-electron chi connectivity index (χ2n) is 5.00. The molecule has 1 aromatic carbocycles. The van der Waals surface area contributed by atoms with E-state index >= 15 is 0 Å². The van der Waals surface area contributed by atoms with Crippen LogP contribution in [-0.2, 0) is 6.42 Å². The summed E-state index contributed by atoms with van der Waals surface area (Å²) < 4.78 is 0.952. The molecule has 0 aliphatic rings. The first kappa shape index (κ1) is 14.2. The molecule has 0 bridgehead atoms. The first-order valence-electron chi connectivity index (χ1n) is 6.33. The Morgan fingerprint density at radius 2 is 1.79 bits per heavy atom. The van der Waals surface area contributed by atoms with Crippen LogP contribution in [0.5, 0.6) is 0 Å². The minimum Gasteiger partial charge on any atom is -0.388 e. The SMILES string of the molecule is Cc1cc(C)c(C(O)Cc2ccc(Br)cn2)c(C)c1. The van der Waals surface area contributed by atoms with Crippen LogP contribution in [0.4, 0.5) is 0 Å². The van der Waals surface area contributed by atoms with E-state index in [1.54, 1.807) is 6.20 Å². The molecule has 2 aromatic rings. The standard InChI is InChI=1S/C16H18BrNO/c1-10-6-11(2)16(12(3)7-10)15(19)8-14-5-4-13(17)9-18-14/h4-7,9,15,19H,8H2,1-3H3. The molecule has 19 heavy (non-hydrogen) atoms. The largest absolute Gasteiger partial charge is 0.388 e. The van der Waals surface area contributed by atoms with Crippen molar-refractivity contribution in [1.82, 2.24) is 4.98 Å². The van der Waals surface area contributed by atoms with E-state index in [-0.39, 0.29) is 0 Å². The first-order chi connectivity index (χ1) is 8.97. The number of halogens is 1. The van der Waals surface area contributed by atoms with Gasteiger partial charge in [-0.3, -0.25) is 4.98 Å². The molecule has 1 atom stereocenters. The molecular formula is C16H18BrNO. The van der Waals surface area contributed by atoms with Gasteiger partial charge in [-0.15, -0.1) is 0 Å². The maximum absolute atomic E-state index is 10.4. The first-order valence-corrected chi connectivity index (χ1v) is 7.13. The number of rotatable bonds is 3. The highest BCUT2D eigenvalue weighted by atomic mass is 79.9. The van der Waals surface area contributed by atoms with Crippen molar-refractivity contribution in [2.24, 2.45) is 0 Å². The summed E-state index contributed by atoms with van der Waals surface area (Å²) in [6, 6.07) is 8.11. The Morgan fingerprint density at radius 1 is 1.16 bits per heavy atom. The molecule has 1 unspecified atom stereocenters. The average Bonchev–Trinajstić information content (AvgIpc) is 2.30. The lowest BCUT2D eigenvalue weighted by molar-refractivity contribution is 0.175. The summed E-state index contributed by atoms with van der Waals surface area (Å²) in [6.45, 7) is 6.17. The lowest BCUT2D eigenvalue weighted by Gasteiger charge is -2.17. The second kappa shape index (κ2) is 5.85. The Balaban J connectivity index is 2.25. The van der Waals surface area contributed by atoms with Gasteiger partial charge in [0.05, 0.1) is 6.10 Å². The molecule has 0 spiro atoms. The average molecular weight is 320 g/mol. The molecule has 1 aromatic heterocycles. The van der Waals surface area contributed by atoms with Gasteiger partial charge in [0, 0.05) is 22.8 Å². The number of aromatic nitrogens is 1. The third-order valence-corrected chi connectivity index (χ3v) is 3.73. The summed E-state index contributed by atoms with van der Waals surface area (Å²) in [5, 5.41) is 10.4. The maximum Gasteiger partial charge on any atom is 0.0850 e. The number of nitrogens with zero attached hydrogens (tertiary/aromatic N) is 1. The van der Waals surface area contributed by atoms with Crippen LogP contribution in [0.2, 0.25) is 0 Å². The van der Waals surface area contributed by atoms with Crippen LogP contribution in [0.1, 0.15) is 34.1 Å². The monoisotopic (exact) mass is 319 g/mol. The fourth-order valence-corrected chi connectivity index (χ4v) is 2.78. The van der Waals surface area contributed by atoms with Crippen molar-refractivity contribution in [3.05, 3.63) is 62.9 Å². The van der Waals surface area contributed by atoms with Gasteiger partial charge in [0.2, 0.25) is 0 Å². The van der Waals surface area contributed by atoms with Crippen LogP contribution in [0, 0.1) is 20.8 Å². The zero-order valence-corrected chi connectivity index (χ0v) is 13.0. The van der Waals surface area contributed by atoms with Crippen molar-refractivity contribution in [3.63, 3.8) is 0 Å². The summed E-state index contributed by atoms with van der Waals surface area (Å²) in [6.07, 6.45) is 1.80. The zero-order chi connectivity index (χ0) is 14.0. The van der Waals surface area contributed by atoms with Crippen LogP contribution >= 0.6 is 15.9 Å². The summed E-state index contributed by atoms with van der Waals surface area (Å²) in [7, 11) is 0. The molecule has 0 saturated carbocycles. The highest BCUT2D eigenvalue weighted by molar-refractivity contribution is 9.10. The van der Waals surface area contributed by atoms with Crippen molar-refractivity contribution in [1.29, 1.82) is 0 Å². The van der Waals surface area contributed by atoms with E-state index in [4.69, 9.17) is 0 Å². The molecule has 1 N–H and O–H groups in total. The Morgan fingerprint density at radius 3 is 2.32 bits per heavy atom. The van der Waals surface area contributed by atoms with E-state index < -0.39 is 6.10 Å². The molecule has 2 rings (SSSR count). The van der Waals surface area contributed by atoms with Gasteiger partial charge in [-0.2, -0.15) is 0 Å². The summed E-state index contributed by atoms with van der Waals surface area (Å²) >= 11 is 3.36. The van der Waals surface area contributed by atoms with Gasteiger partial charge in [0.1, 0.15) is 0 Å². The zero-order valence-electron chi connectivity index (χ0n) is 11.4. The number of benzene rings is 1. The fourth-order valence-electron chi connectivity index (χ4n) is 2.54. The van der Waals surface area contributed by atoms with Crippen molar-refractivity contribution in [2.75, 3.05) is 0 Å². The Bertz CT molecular complexity index is 555. The van der Waals surface area contributed by atoms with Crippen LogP contribution in [0.15, 0.2) is 34.9 Å². The number of aliphatic hydroxyl groups excluding tert-OH is 1. The number of aryl methyl sites for hydroxylation is 3. The van der Waals surface area contributed by atoms with E-state index in [1.807, 2.05) is 26.0 Å². The van der Waals surface area contributed by atoms with Gasteiger partial charge in [-0.05, 0) is 65.5 Å². The van der Waals surface area contributed by atoms with Gasteiger partial charge in [0.15, 0.2) is 0 Å². The Kier molecular flexibility index (Phi) is 4.38. The molecule has 0 aliphatic carbocycles. The van der Waals surface area contributed by atoms with Crippen LogP contribution < -0.4 is 0 Å². The van der Waals surface area contributed by atoms with Crippen molar-refractivity contribution < 1.29 is 5.11 Å². The van der Waals surface area contributed by atoms with E-state index in [2.05, 4.69) is 40.0 Å². The molecule has 0 saturated heterocycles. The molecule has 0 aliphatic heterocycles. The molecule has 2 nitrogen and oxygen atoms in total.